The standard InChI is InChI=1S/C15H21NOS/c16-15(8-3-4-9-15)13-5-1-2-6-14(13)17-12-7-10-18-11-12/h1-2,5-6,12H,3-4,7-11,16H2. The third-order valence-electron chi connectivity index (χ3n) is 4.10. The Bertz CT molecular complexity index is 409. The van der Waals surface area contributed by atoms with Crippen molar-refractivity contribution in [2.75, 3.05) is 11.5 Å². The van der Waals surface area contributed by atoms with Gasteiger partial charge in [-0.2, -0.15) is 11.8 Å². The van der Waals surface area contributed by atoms with Gasteiger partial charge in [0.05, 0.1) is 0 Å². The van der Waals surface area contributed by atoms with Gasteiger partial charge in [0.1, 0.15) is 11.9 Å². The van der Waals surface area contributed by atoms with Crippen molar-refractivity contribution in [1.82, 2.24) is 0 Å². The van der Waals surface area contributed by atoms with Crippen molar-refractivity contribution in [2.45, 2.75) is 43.7 Å². The topological polar surface area (TPSA) is 35.2 Å². The van der Waals surface area contributed by atoms with Crippen molar-refractivity contribution in [3.05, 3.63) is 29.8 Å². The van der Waals surface area contributed by atoms with Gasteiger partial charge in [0.2, 0.25) is 0 Å². The first-order chi connectivity index (χ1) is 8.78. The molecule has 3 heteroatoms. The lowest BCUT2D eigenvalue weighted by Crippen LogP contribution is -2.34. The molecule has 2 nitrogen and oxygen atoms in total. The number of para-hydroxylation sites is 1. The molecular formula is C15H21NOS. The maximum Gasteiger partial charge on any atom is 0.124 e. The number of rotatable bonds is 3. The van der Waals surface area contributed by atoms with E-state index < -0.39 is 0 Å². The molecule has 2 fully saturated rings. The minimum absolute atomic E-state index is 0.150. The lowest BCUT2D eigenvalue weighted by molar-refractivity contribution is 0.222. The summed E-state index contributed by atoms with van der Waals surface area (Å²) in [6.45, 7) is 0. The van der Waals surface area contributed by atoms with Crippen LogP contribution >= 0.6 is 11.8 Å². The van der Waals surface area contributed by atoms with Crippen LogP contribution in [0.4, 0.5) is 0 Å². The summed E-state index contributed by atoms with van der Waals surface area (Å²) in [5, 5.41) is 0. The summed E-state index contributed by atoms with van der Waals surface area (Å²) in [6, 6.07) is 8.38. The third kappa shape index (κ3) is 2.39. The van der Waals surface area contributed by atoms with Crippen LogP contribution in [0.2, 0.25) is 0 Å². The van der Waals surface area contributed by atoms with Crippen molar-refractivity contribution < 1.29 is 4.74 Å². The summed E-state index contributed by atoms with van der Waals surface area (Å²) < 4.78 is 6.18. The highest BCUT2D eigenvalue weighted by atomic mass is 32.2. The SMILES string of the molecule is NC1(c2ccccc2OC2CCSC2)CCCC1. The van der Waals surface area contributed by atoms with E-state index >= 15 is 0 Å². The molecule has 0 radical (unpaired) electrons. The summed E-state index contributed by atoms with van der Waals surface area (Å²) in [7, 11) is 0. The maximum absolute atomic E-state index is 6.57. The van der Waals surface area contributed by atoms with Gasteiger partial charge >= 0.3 is 0 Å². The van der Waals surface area contributed by atoms with Crippen LogP contribution in [-0.2, 0) is 5.54 Å². The van der Waals surface area contributed by atoms with Crippen molar-refractivity contribution in [3.63, 3.8) is 0 Å². The number of hydrogen-bond acceptors (Lipinski definition) is 3. The lowest BCUT2D eigenvalue weighted by Gasteiger charge is -2.27. The molecule has 1 heterocycles. The van der Waals surface area contributed by atoms with E-state index in [0.717, 1.165) is 30.8 Å². The van der Waals surface area contributed by atoms with Crippen LogP contribution in [0.15, 0.2) is 24.3 Å². The van der Waals surface area contributed by atoms with E-state index in [2.05, 4.69) is 24.3 Å². The monoisotopic (exact) mass is 263 g/mol. The second-order valence-electron chi connectivity index (χ2n) is 5.46. The van der Waals surface area contributed by atoms with Crippen LogP contribution in [-0.4, -0.2) is 17.6 Å². The Morgan fingerprint density at radius 2 is 2.00 bits per heavy atom. The molecule has 1 atom stereocenters. The van der Waals surface area contributed by atoms with E-state index in [-0.39, 0.29) is 5.54 Å². The predicted octanol–water partition coefficient (Wildman–Crippen LogP) is 3.30. The Balaban J connectivity index is 1.84. The van der Waals surface area contributed by atoms with E-state index in [9.17, 15) is 0 Å². The Morgan fingerprint density at radius 1 is 1.22 bits per heavy atom. The molecule has 1 saturated carbocycles. The molecule has 0 bridgehead atoms. The first kappa shape index (κ1) is 12.4. The zero-order valence-corrected chi connectivity index (χ0v) is 11.5. The van der Waals surface area contributed by atoms with Crippen molar-refractivity contribution in [1.29, 1.82) is 0 Å². The lowest BCUT2D eigenvalue weighted by atomic mass is 9.88. The highest BCUT2D eigenvalue weighted by Crippen LogP contribution is 2.41. The van der Waals surface area contributed by atoms with Gasteiger partial charge < -0.3 is 10.5 Å². The normalized spacial score (nSPS) is 26.4. The molecule has 1 aromatic carbocycles. The molecule has 18 heavy (non-hydrogen) atoms. The Morgan fingerprint density at radius 3 is 2.72 bits per heavy atom. The summed E-state index contributed by atoms with van der Waals surface area (Å²) in [5.74, 6) is 3.36. The quantitative estimate of drug-likeness (QED) is 0.909. The minimum atomic E-state index is -0.150. The maximum atomic E-state index is 6.57. The van der Waals surface area contributed by atoms with E-state index in [4.69, 9.17) is 10.5 Å². The second-order valence-corrected chi connectivity index (χ2v) is 6.61. The molecule has 1 saturated heterocycles. The van der Waals surface area contributed by atoms with E-state index in [0.29, 0.717) is 6.10 Å². The van der Waals surface area contributed by atoms with Crippen LogP contribution in [0.3, 0.4) is 0 Å². The molecule has 2 N–H and O–H groups in total. The molecule has 1 aliphatic heterocycles. The zero-order valence-electron chi connectivity index (χ0n) is 10.7. The van der Waals surface area contributed by atoms with Gasteiger partial charge in [-0.05, 0) is 31.1 Å². The van der Waals surface area contributed by atoms with Gasteiger partial charge in [-0.15, -0.1) is 0 Å². The largest absolute Gasteiger partial charge is 0.489 e. The average Bonchev–Trinajstić information content (AvgIpc) is 3.02. The Hall–Kier alpha value is -0.670. The molecule has 98 valence electrons. The fraction of sp³-hybridized carbons (Fsp3) is 0.600. The molecular weight excluding hydrogens is 242 g/mol. The molecule has 0 amide bonds. The first-order valence-electron chi connectivity index (χ1n) is 6.91. The number of hydrogen-bond donors (Lipinski definition) is 1. The van der Waals surface area contributed by atoms with Crippen LogP contribution < -0.4 is 10.5 Å². The second kappa shape index (κ2) is 5.14. The van der Waals surface area contributed by atoms with Crippen LogP contribution in [0.5, 0.6) is 5.75 Å². The van der Waals surface area contributed by atoms with Crippen molar-refractivity contribution in [2.24, 2.45) is 5.73 Å². The fourth-order valence-corrected chi connectivity index (χ4v) is 4.14. The summed E-state index contributed by atoms with van der Waals surface area (Å²) >= 11 is 1.98. The molecule has 3 rings (SSSR count). The van der Waals surface area contributed by atoms with E-state index in [1.807, 2.05) is 11.8 Å². The van der Waals surface area contributed by atoms with E-state index in [1.165, 1.54) is 24.2 Å². The molecule has 0 aromatic heterocycles. The highest BCUT2D eigenvalue weighted by Gasteiger charge is 2.34. The molecule has 0 spiro atoms. The average molecular weight is 263 g/mol. The predicted molar refractivity (Wildman–Crippen MR) is 77.1 cm³/mol. The van der Waals surface area contributed by atoms with Gasteiger partial charge in [0, 0.05) is 16.9 Å². The molecule has 1 unspecified atom stereocenters. The van der Waals surface area contributed by atoms with E-state index in [1.54, 1.807) is 0 Å². The van der Waals surface area contributed by atoms with Gasteiger partial charge in [-0.1, -0.05) is 31.0 Å². The van der Waals surface area contributed by atoms with Crippen LogP contribution in [0.25, 0.3) is 0 Å². The molecule has 1 aliphatic carbocycles. The van der Waals surface area contributed by atoms with Crippen molar-refractivity contribution >= 4 is 11.8 Å². The third-order valence-corrected chi connectivity index (χ3v) is 5.23. The number of ether oxygens (including phenoxy) is 1. The summed E-state index contributed by atoms with van der Waals surface area (Å²) in [6.07, 6.45) is 6.20. The van der Waals surface area contributed by atoms with Gasteiger partial charge in [-0.3, -0.25) is 0 Å². The Labute approximate surface area is 113 Å². The first-order valence-corrected chi connectivity index (χ1v) is 8.06. The summed E-state index contributed by atoms with van der Waals surface area (Å²) in [4.78, 5) is 0. The Kier molecular flexibility index (Phi) is 3.53. The highest BCUT2D eigenvalue weighted by molar-refractivity contribution is 7.99. The molecule has 2 aliphatic rings. The van der Waals surface area contributed by atoms with Gasteiger partial charge in [0.15, 0.2) is 0 Å². The van der Waals surface area contributed by atoms with Gasteiger partial charge in [0.25, 0.3) is 0 Å². The minimum Gasteiger partial charge on any atom is -0.489 e. The fourth-order valence-electron chi connectivity index (χ4n) is 3.04. The smallest absolute Gasteiger partial charge is 0.124 e. The van der Waals surface area contributed by atoms with Crippen LogP contribution in [0.1, 0.15) is 37.7 Å². The molecule has 1 aromatic rings. The number of nitrogens with two attached hydrogens (primary N) is 1. The van der Waals surface area contributed by atoms with Crippen molar-refractivity contribution in [3.8, 4) is 5.75 Å². The number of benzene rings is 1. The summed E-state index contributed by atoms with van der Waals surface area (Å²) in [5.41, 5.74) is 7.64. The van der Waals surface area contributed by atoms with Crippen LogP contribution in [0, 0.1) is 0 Å². The van der Waals surface area contributed by atoms with Gasteiger partial charge in [-0.25, -0.2) is 0 Å². The number of thioether (sulfide) groups is 1. The zero-order chi connectivity index (χ0) is 12.4.